The summed E-state index contributed by atoms with van der Waals surface area (Å²) >= 11 is 0. The standard InChI is InChI=1S/C33H38N2O5/c1-37-24-25-39-33(38-2)40-30-18-11-13-27(26-30)12-9-10-19-31(36)34-20-22-35(23-21-34)32(28-14-5-3-6-15-28)29-16-7-4-8-17-29/h3-19,26,32-33H,20-25H2,1-2H3. The molecule has 1 aliphatic rings. The Kier molecular flexibility index (Phi) is 11.5. The third-order valence-electron chi connectivity index (χ3n) is 6.68. The summed E-state index contributed by atoms with van der Waals surface area (Å²) in [4.78, 5) is 17.2. The summed E-state index contributed by atoms with van der Waals surface area (Å²) in [6, 6.07) is 28.9. The monoisotopic (exact) mass is 542 g/mol. The zero-order valence-electron chi connectivity index (χ0n) is 23.2. The number of piperazine rings is 1. The molecule has 1 unspecified atom stereocenters. The van der Waals surface area contributed by atoms with Gasteiger partial charge in [0.1, 0.15) is 5.75 Å². The van der Waals surface area contributed by atoms with E-state index < -0.39 is 6.48 Å². The van der Waals surface area contributed by atoms with Crippen LogP contribution in [-0.2, 0) is 19.0 Å². The van der Waals surface area contributed by atoms with Gasteiger partial charge in [-0.25, -0.2) is 0 Å². The lowest BCUT2D eigenvalue weighted by molar-refractivity contribution is -0.237. The largest absolute Gasteiger partial charge is 0.441 e. The maximum atomic E-state index is 12.9. The number of nitrogens with zero attached hydrogens (tertiary/aromatic N) is 2. The first-order valence-electron chi connectivity index (χ1n) is 13.6. The molecule has 0 aliphatic carbocycles. The fourth-order valence-corrected chi connectivity index (χ4v) is 4.68. The molecule has 4 rings (SSSR count). The number of amides is 1. The number of hydrogen-bond donors (Lipinski definition) is 0. The van der Waals surface area contributed by atoms with Crippen LogP contribution in [-0.4, -0.2) is 75.8 Å². The summed E-state index contributed by atoms with van der Waals surface area (Å²) in [6.07, 6.45) is 7.19. The second kappa shape index (κ2) is 15.7. The lowest BCUT2D eigenvalue weighted by atomic mass is 9.96. The highest BCUT2D eigenvalue weighted by Crippen LogP contribution is 2.29. The molecule has 1 heterocycles. The molecule has 1 saturated heterocycles. The van der Waals surface area contributed by atoms with Gasteiger partial charge in [-0.05, 0) is 28.8 Å². The maximum absolute atomic E-state index is 12.9. The summed E-state index contributed by atoms with van der Waals surface area (Å²) in [5, 5.41) is 0. The molecule has 7 heteroatoms. The van der Waals surface area contributed by atoms with Crippen molar-refractivity contribution in [3.63, 3.8) is 0 Å². The quantitative estimate of drug-likeness (QED) is 0.129. The molecular weight excluding hydrogens is 504 g/mol. The Bertz CT molecular complexity index is 1180. The van der Waals surface area contributed by atoms with Gasteiger partial charge in [-0.2, -0.15) is 0 Å². The molecule has 0 saturated carbocycles. The minimum Gasteiger partial charge on any atom is -0.441 e. The van der Waals surface area contributed by atoms with Crippen molar-refractivity contribution >= 4 is 12.0 Å². The lowest BCUT2D eigenvalue weighted by Gasteiger charge is -2.39. The van der Waals surface area contributed by atoms with Crippen molar-refractivity contribution in [2.24, 2.45) is 0 Å². The van der Waals surface area contributed by atoms with Crippen LogP contribution in [0.25, 0.3) is 6.08 Å². The molecular formula is C33H38N2O5. The molecule has 210 valence electrons. The molecule has 7 nitrogen and oxygen atoms in total. The van der Waals surface area contributed by atoms with Gasteiger partial charge in [0.2, 0.25) is 5.91 Å². The third-order valence-corrected chi connectivity index (χ3v) is 6.68. The van der Waals surface area contributed by atoms with E-state index in [0.29, 0.717) is 32.1 Å². The Morgan fingerprint density at radius 2 is 1.50 bits per heavy atom. The van der Waals surface area contributed by atoms with Gasteiger partial charge in [0.25, 0.3) is 0 Å². The predicted molar refractivity (Wildman–Crippen MR) is 157 cm³/mol. The lowest BCUT2D eigenvalue weighted by Crippen LogP contribution is -2.49. The van der Waals surface area contributed by atoms with Crippen molar-refractivity contribution < 1.29 is 23.7 Å². The summed E-state index contributed by atoms with van der Waals surface area (Å²) in [5.41, 5.74) is 3.47. The molecule has 0 spiro atoms. The fraction of sp³-hybridized carbons (Fsp3) is 0.303. The number of hydrogen-bond acceptors (Lipinski definition) is 6. The Balaban J connectivity index is 1.29. The van der Waals surface area contributed by atoms with E-state index in [1.54, 1.807) is 19.3 Å². The van der Waals surface area contributed by atoms with E-state index >= 15 is 0 Å². The SMILES string of the molecule is COCCOC(OC)Oc1cccc(C=CC=CC(=O)N2CCN(C(c3ccccc3)c3ccccc3)CC2)c1. The van der Waals surface area contributed by atoms with Crippen LogP contribution in [0, 0.1) is 0 Å². The molecule has 0 bridgehead atoms. The molecule has 0 aromatic heterocycles. The average molecular weight is 543 g/mol. The summed E-state index contributed by atoms with van der Waals surface area (Å²) in [6.45, 7) is 3.01. The second-order valence-corrected chi connectivity index (χ2v) is 9.38. The number of carbonyl (C=O) groups excluding carboxylic acids is 1. The number of benzene rings is 3. The van der Waals surface area contributed by atoms with E-state index in [4.69, 9.17) is 18.9 Å². The summed E-state index contributed by atoms with van der Waals surface area (Å²) < 4.78 is 21.4. The Labute approximate surface area is 237 Å². The number of ether oxygens (including phenoxy) is 4. The van der Waals surface area contributed by atoms with Crippen molar-refractivity contribution in [2.75, 3.05) is 53.6 Å². The molecule has 1 aliphatic heterocycles. The first-order valence-corrected chi connectivity index (χ1v) is 13.6. The van der Waals surface area contributed by atoms with Crippen LogP contribution in [0.2, 0.25) is 0 Å². The minimum absolute atomic E-state index is 0.0218. The number of allylic oxidation sites excluding steroid dienone is 2. The van der Waals surface area contributed by atoms with Crippen LogP contribution < -0.4 is 4.74 Å². The molecule has 1 atom stereocenters. The minimum atomic E-state index is -0.817. The van der Waals surface area contributed by atoms with Gasteiger partial charge in [0.05, 0.1) is 19.3 Å². The topological polar surface area (TPSA) is 60.5 Å². The Hall–Kier alpha value is -3.75. The van der Waals surface area contributed by atoms with Crippen molar-refractivity contribution in [3.05, 3.63) is 120 Å². The Morgan fingerprint density at radius 1 is 0.825 bits per heavy atom. The van der Waals surface area contributed by atoms with Crippen molar-refractivity contribution in [2.45, 2.75) is 12.5 Å². The van der Waals surface area contributed by atoms with Gasteiger partial charge in [0.15, 0.2) is 0 Å². The van der Waals surface area contributed by atoms with E-state index in [-0.39, 0.29) is 11.9 Å². The van der Waals surface area contributed by atoms with E-state index in [9.17, 15) is 4.79 Å². The highest BCUT2D eigenvalue weighted by atomic mass is 16.8. The van der Waals surface area contributed by atoms with Crippen LogP contribution in [0.1, 0.15) is 22.7 Å². The van der Waals surface area contributed by atoms with Gasteiger partial charge in [-0.3, -0.25) is 9.69 Å². The zero-order valence-corrected chi connectivity index (χ0v) is 23.2. The average Bonchev–Trinajstić information content (AvgIpc) is 3.00. The third kappa shape index (κ3) is 8.63. The van der Waals surface area contributed by atoms with Crippen LogP contribution >= 0.6 is 0 Å². The summed E-state index contributed by atoms with van der Waals surface area (Å²) in [7, 11) is 3.13. The predicted octanol–water partition coefficient (Wildman–Crippen LogP) is 5.16. The maximum Gasteiger partial charge on any atom is 0.315 e. The number of methoxy groups -OCH3 is 2. The van der Waals surface area contributed by atoms with E-state index in [1.165, 1.54) is 18.2 Å². The van der Waals surface area contributed by atoms with Crippen molar-refractivity contribution in [1.29, 1.82) is 0 Å². The van der Waals surface area contributed by atoms with Crippen molar-refractivity contribution in [3.8, 4) is 5.75 Å². The molecule has 1 amide bonds. The highest BCUT2D eigenvalue weighted by molar-refractivity contribution is 5.88. The summed E-state index contributed by atoms with van der Waals surface area (Å²) in [5.74, 6) is 0.641. The normalized spacial score (nSPS) is 15.2. The van der Waals surface area contributed by atoms with Gasteiger partial charge >= 0.3 is 6.48 Å². The fourth-order valence-electron chi connectivity index (χ4n) is 4.68. The van der Waals surface area contributed by atoms with E-state index in [1.807, 2.05) is 53.5 Å². The first-order chi connectivity index (χ1) is 19.7. The van der Waals surface area contributed by atoms with Crippen LogP contribution in [0.15, 0.2) is 103 Å². The molecule has 3 aromatic rings. The molecule has 3 aromatic carbocycles. The number of rotatable bonds is 13. The zero-order chi connectivity index (χ0) is 28.0. The molecule has 1 fully saturated rings. The highest BCUT2D eigenvalue weighted by Gasteiger charge is 2.27. The van der Waals surface area contributed by atoms with Crippen LogP contribution in [0.5, 0.6) is 5.75 Å². The van der Waals surface area contributed by atoms with E-state index in [0.717, 1.165) is 18.7 Å². The van der Waals surface area contributed by atoms with Gasteiger partial charge in [-0.1, -0.05) is 91.0 Å². The van der Waals surface area contributed by atoms with Gasteiger partial charge in [0, 0.05) is 46.5 Å². The molecule has 0 N–H and O–H groups in total. The molecule has 0 radical (unpaired) electrons. The van der Waals surface area contributed by atoms with Crippen LogP contribution in [0.4, 0.5) is 0 Å². The smallest absolute Gasteiger partial charge is 0.315 e. The number of carbonyl (C=O) groups is 1. The van der Waals surface area contributed by atoms with Gasteiger partial charge in [-0.15, -0.1) is 0 Å². The van der Waals surface area contributed by atoms with E-state index in [2.05, 4.69) is 53.4 Å². The Morgan fingerprint density at radius 3 is 2.12 bits per heavy atom. The van der Waals surface area contributed by atoms with Crippen LogP contribution in [0.3, 0.4) is 0 Å². The second-order valence-electron chi connectivity index (χ2n) is 9.38. The van der Waals surface area contributed by atoms with Crippen molar-refractivity contribution in [1.82, 2.24) is 9.80 Å². The van der Waals surface area contributed by atoms with Gasteiger partial charge < -0.3 is 23.8 Å². The first kappa shape index (κ1) is 29.2. The molecule has 40 heavy (non-hydrogen) atoms.